The molecule has 1 aliphatic rings. The molecular weight excluding hydrogens is 336 g/mol. The van der Waals surface area contributed by atoms with Crippen LogP contribution in [0.25, 0.3) is 0 Å². The number of carbonyl (C=O) groups excluding carboxylic acids is 2. The van der Waals surface area contributed by atoms with E-state index < -0.39 is 0 Å². The highest BCUT2D eigenvalue weighted by Gasteiger charge is 2.22. The van der Waals surface area contributed by atoms with Crippen molar-refractivity contribution >= 4 is 23.3 Å². The van der Waals surface area contributed by atoms with E-state index in [4.69, 9.17) is 11.6 Å². The van der Waals surface area contributed by atoms with Crippen LogP contribution in [0.5, 0.6) is 0 Å². The summed E-state index contributed by atoms with van der Waals surface area (Å²) in [6, 6.07) is 16.8. The zero-order chi connectivity index (χ0) is 17.6. The van der Waals surface area contributed by atoms with Gasteiger partial charge in [0.05, 0.1) is 13.0 Å². The number of nitrogens with zero attached hydrogens (tertiary/aromatic N) is 2. The summed E-state index contributed by atoms with van der Waals surface area (Å²) in [7, 11) is 0. The van der Waals surface area contributed by atoms with Crippen molar-refractivity contribution in [2.24, 2.45) is 0 Å². The molecule has 5 heteroatoms. The molecule has 4 nitrogen and oxygen atoms in total. The standard InChI is InChI=1S/C20H21ClN2O2/c21-18-8-6-17(7-9-18)19(24)15-22-10-12-23(13-11-22)20(25)14-16-4-2-1-3-5-16/h1-9H,10-15H2. The Bertz CT molecular complexity index is 723. The van der Waals surface area contributed by atoms with Gasteiger partial charge in [-0.15, -0.1) is 0 Å². The van der Waals surface area contributed by atoms with Gasteiger partial charge < -0.3 is 4.90 Å². The van der Waals surface area contributed by atoms with Crippen LogP contribution < -0.4 is 0 Å². The number of carbonyl (C=O) groups is 2. The summed E-state index contributed by atoms with van der Waals surface area (Å²) in [6.07, 6.45) is 0.435. The molecule has 0 aliphatic carbocycles. The number of ketones is 1. The summed E-state index contributed by atoms with van der Waals surface area (Å²) in [5.74, 6) is 0.232. The molecule has 3 rings (SSSR count). The first-order valence-electron chi connectivity index (χ1n) is 8.44. The van der Waals surface area contributed by atoms with Gasteiger partial charge >= 0.3 is 0 Å². The minimum atomic E-state index is 0.0840. The monoisotopic (exact) mass is 356 g/mol. The number of rotatable bonds is 5. The van der Waals surface area contributed by atoms with Gasteiger partial charge in [-0.05, 0) is 29.8 Å². The Labute approximate surface area is 153 Å². The lowest BCUT2D eigenvalue weighted by Crippen LogP contribution is -2.50. The summed E-state index contributed by atoms with van der Waals surface area (Å²) in [5.41, 5.74) is 1.71. The van der Waals surface area contributed by atoms with Crippen molar-refractivity contribution in [2.45, 2.75) is 6.42 Å². The SMILES string of the molecule is O=C(CN1CCN(C(=O)Cc2ccccc2)CC1)c1ccc(Cl)cc1. The van der Waals surface area contributed by atoms with Crippen LogP contribution >= 0.6 is 11.6 Å². The average molecular weight is 357 g/mol. The van der Waals surface area contributed by atoms with E-state index in [1.807, 2.05) is 35.2 Å². The van der Waals surface area contributed by atoms with Crippen LogP contribution in [0.3, 0.4) is 0 Å². The molecule has 1 saturated heterocycles. The Balaban J connectivity index is 1.47. The number of hydrogen-bond donors (Lipinski definition) is 0. The van der Waals surface area contributed by atoms with E-state index in [1.165, 1.54) is 0 Å². The number of Topliss-reactive ketones (excluding diaryl/α,β-unsaturated/α-hetero) is 1. The molecule has 0 bridgehead atoms. The zero-order valence-electron chi connectivity index (χ0n) is 14.0. The molecule has 2 aromatic carbocycles. The largest absolute Gasteiger partial charge is 0.340 e. The Kier molecular flexibility index (Phi) is 5.84. The molecule has 2 aromatic rings. The molecule has 0 unspecified atom stereocenters. The molecule has 1 heterocycles. The minimum absolute atomic E-state index is 0.0840. The Morgan fingerprint density at radius 1 is 0.880 bits per heavy atom. The molecule has 130 valence electrons. The molecule has 0 radical (unpaired) electrons. The molecule has 0 aromatic heterocycles. The fourth-order valence-electron chi connectivity index (χ4n) is 2.97. The van der Waals surface area contributed by atoms with Gasteiger partial charge in [-0.25, -0.2) is 0 Å². The Morgan fingerprint density at radius 3 is 2.16 bits per heavy atom. The van der Waals surface area contributed by atoms with Crippen LogP contribution in [0.1, 0.15) is 15.9 Å². The van der Waals surface area contributed by atoms with Crippen LogP contribution in [0.15, 0.2) is 54.6 Å². The highest BCUT2D eigenvalue weighted by molar-refractivity contribution is 6.30. The smallest absolute Gasteiger partial charge is 0.227 e. The summed E-state index contributed by atoms with van der Waals surface area (Å²) >= 11 is 5.85. The fraction of sp³-hybridized carbons (Fsp3) is 0.300. The molecule has 0 spiro atoms. The normalized spacial score (nSPS) is 15.2. The van der Waals surface area contributed by atoms with Gasteiger partial charge in [-0.3, -0.25) is 14.5 Å². The zero-order valence-corrected chi connectivity index (χ0v) is 14.8. The maximum atomic E-state index is 12.4. The summed E-state index contributed by atoms with van der Waals surface area (Å²) in [5, 5.41) is 0.627. The van der Waals surface area contributed by atoms with Gasteiger partial charge in [-0.1, -0.05) is 41.9 Å². The second kappa shape index (κ2) is 8.28. The minimum Gasteiger partial charge on any atom is -0.340 e. The molecule has 25 heavy (non-hydrogen) atoms. The van der Waals surface area contributed by atoms with Crippen molar-refractivity contribution in [3.05, 3.63) is 70.7 Å². The van der Waals surface area contributed by atoms with Crippen LogP contribution in [-0.2, 0) is 11.2 Å². The second-order valence-corrected chi connectivity index (χ2v) is 6.69. The van der Waals surface area contributed by atoms with Crippen molar-refractivity contribution < 1.29 is 9.59 Å². The van der Waals surface area contributed by atoms with Gasteiger partial charge in [-0.2, -0.15) is 0 Å². The number of amides is 1. The highest BCUT2D eigenvalue weighted by Crippen LogP contribution is 2.12. The molecule has 1 aliphatic heterocycles. The Hall–Kier alpha value is -2.17. The van der Waals surface area contributed by atoms with E-state index in [0.717, 1.165) is 18.7 Å². The maximum Gasteiger partial charge on any atom is 0.227 e. The third-order valence-corrected chi connectivity index (χ3v) is 4.71. The van der Waals surface area contributed by atoms with Crippen molar-refractivity contribution in [3.63, 3.8) is 0 Å². The quantitative estimate of drug-likeness (QED) is 0.773. The van der Waals surface area contributed by atoms with E-state index in [1.54, 1.807) is 24.3 Å². The number of benzene rings is 2. The third kappa shape index (κ3) is 4.91. The lowest BCUT2D eigenvalue weighted by atomic mass is 10.1. The predicted molar refractivity (Wildman–Crippen MR) is 98.9 cm³/mol. The first-order valence-corrected chi connectivity index (χ1v) is 8.82. The summed E-state index contributed by atoms with van der Waals surface area (Å²) in [4.78, 5) is 28.7. The van der Waals surface area contributed by atoms with Crippen molar-refractivity contribution in [1.82, 2.24) is 9.80 Å². The predicted octanol–water partition coefficient (Wildman–Crippen LogP) is 2.91. The third-order valence-electron chi connectivity index (χ3n) is 4.46. The van der Waals surface area contributed by atoms with Crippen LogP contribution in [0.2, 0.25) is 5.02 Å². The second-order valence-electron chi connectivity index (χ2n) is 6.25. The highest BCUT2D eigenvalue weighted by atomic mass is 35.5. The summed E-state index contributed by atoms with van der Waals surface area (Å²) in [6.45, 7) is 3.15. The van der Waals surface area contributed by atoms with Gasteiger partial charge in [0.1, 0.15) is 0 Å². The number of halogens is 1. The van der Waals surface area contributed by atoms with Gasteiger partial charge in [0, 0.05) is 36.8 Å². The number of piperazine rings is 1. The van der Waals surface area contributed by atoms with E-state index >= 15 is 0 Å². The summed E-state index contributed by atoms with van der Waals surface area (Å²) < 4.78 is 0. The molecule has 0 atom stereocenters. The molecule has 0 saturated carbocycles. The van der Waals surface area contributed by atoms with E-state index in [0.29, 0.717) is 36.6 Å². The van der Waals surface area contributed by atoms with Gasteiger partial charge in [0.25, 0.3) is 0 Å². The Morgan fingerprint density at radius 2 is 1.52 bits per heavy atom. The first kappa shape index (κ1) is 17.6. The lowest BCUT2D eigenvalue weighted by Gasteiger charge is -2.34. The molecular formula is C20H21ClN2O2. The average Bonchev–Trinajstić information content (AvgIpc) is 2.63. The first-order chi connectivity index (χ1) is 12.1. The van der Waals surface area contributed by atoms with Crippen molar-refractivity contribution in [2.75, 3.05) is 32.7 Å². The van der Waals surface area contributed by atoms with E-state index in [9.17, 15) is 9.59 Å². The van der Waals surface area contributed by atoms with E-state index in [2.05, 4.69) is 4.90 Å². The molecule has 1 fully saturated rings. The molecule has 1 amide bonds. The van der Waals surface area contributed by atoms with Crippen molar-refractivity contribution in [3.8, 4) is 0 Å². The van der Waals surface area contributed by atoms with E-state index in [-0.39, 0.29) is 11.7 Å². The number of hydrogen-bond acceptors (Lipinski definition) is 3. The van der Waals surface area contributed by atoms with Gasteiger partial charge in [0.15, 0.2) is 5.78 Å². The van der Waals surface area contributed by atoms with Crippen molar-refractivity contribution in [1.29, 1.82) is 0 Å². The lowest BCUT2D eigenvalue weighted by molar-refractivity contribution is -0.132. The topological polar surface area (TPSA) is 40.6 Å². The fourth-order valence-corrected chi connectivity index (χ4v) is 3.09. The maximum absolute atomic E-state index is 12.4. The van der Waals surface area contributed by atoms with Gasteiger partial charge in [0.2, 0.25) is 5.91 Å². The van der Waals surface area contributed by atoms with Crippen LogP contribution in [-0.4, -0.2) is 54.2 Å². The molecule has 0 N–H and O–H groups in total. The van der Waals surface area contributed by atoms with Crippen LogP contribution in [0, 0.1) is 0 Å². The van der Waals surface area contributed by atoms with Crippen LogP contribution in [0.4, 0.5) is 0 Å².